The second kappa shape index (κ2) is 7.85. The van der Waals surface area contributed by atoms with Crippen molar-refractivity contribution in [2.75, 3.05) is 20.7 Å². The molecule has 0 N–H and O–H groups in total. The van der Waals surface area contributed by atoms with Gasteiger partial charge in [-0.15, -0.1) is 0 Å². The molecule has 1 aliphatic carbocycles. The summed E-state index contributed by atoms with van der Waals surface area (Å²) in [5, 5.41) is 0. The fourth-order valence-corrected chi connectivity index (χ4v) is 3.38. The van der Waals surface area contributed by atoms with Crippen LogP contribution in [0, 0.1) is 18.8 Å². The molecule has 0 unspecified atom stereocenters. The van der Waals surface area contributed by atoms with Crippen molar-refractivity contribution in [1.82, 2.24) is 4.90 Å². The van der Waals surface area contributed by atoms with Gasteiger partial charge in [0, 0.05) is 37.0 Å². The van der Waals surface area contributed by atoms with Crippen molar-refractivity contribution in [2.24, 2.45) is 11.8 Å². The lowest BCUT2D eigenvalue weighted by molar-refractivity contribution is -0.134. The Bertz CT molecular complexity index is 450. The van der Waals surface area contributed by atoms with E-state index in [1.165, 1.54) is 17.6 Å². The number of carbonyl (C=O) groups is 1. The molecule has 0 heterocycles. The maximum absolute atomic E-state index is 11.9. The summed E-state index contributed by atoms with van der Waals surface area (Å²) in [5.74, 6) is 1.10. The van der Waals surface area contributed by atoms with E-state index < -0.39 is 0 Å². The molecule has 2 rings (SSSR count). The highest BCUT2D eigenvalue weighted by Gasteiger charge is 2.27. The molecule has 1 aromatic rings. The quantitative estimate of drug-likeness (QED) is 0.772. The summed E-state index contributed by atoms with van der Waals surface area (Å²) >= 11 is 1.46. The second-order valence-electron chi connectivity index (χ2n) is 6.13. The third-order valence-electron chi connectivity index (χ3n) is 4.12. The number of benzene rings is 1. The molecule has 0 atom stereocenters. The molecule has 0 aliphatic heterocycles. The van der Waals surface area contributed by atoms with E-state index in [0.29, 0.717) is 5.92 Å². The van der Waals surface area contributed by atoms with Crippen molar-refractivity contribution >= 4 is 17.9 Å². The van der Waals surface area contributed by atoms with Gasteiger partial charge < -0.3 is 9.08 Å². The Morgan fingerprint density at radius 2 is 1.81 bits per heavy atom. The Morgan fingerprint density at radius 1 is 1.19 bits per heavy atom. The Hall–Kier alpha value is -1.00. The molecule has 4 heteroatoms. The Labute approximate surface area is 132 Å². The van der Waals surface area contributed by atoms with Crippen LogP contribution in [0.5, 0.6) is 0 Å². The van der Waals surface area contributed by atoms with E-state index in [9.17, 15) is 4.79 Å². The molecule has 0 aromatic heterocycles. The molecule has 21 heavy (non-hydrogen) atoms. The molecule has 1 amide bonds. The summed E-state index contributed by atoms with van der Waals surface area (Å²) in [4.78, 5) is 14.8. The monoisotopic (exact) mass is 307 g/mol. The number of hydrogen-bond acceptors (Lipinski definition) is 3. The molecule has 0 bridgehead atoms. The number of amides is 1. The van der Waals surface area contributed by atoms with E-state index in [1.54, 1.807) is 4.90 Å². The van der Waals surface area contributed by atoms with Crippen LogP contribution in [0.25, 0.3) is 0 Å². The van der Waals surface area contributed by atoms with Gasteiger partial charge in [0.15, 0.2) is 0 Å². The maximum Gasteiger partial charge on any atom is 0.225 e. The van der Waals surface area contributed by atoms with E-state index >= 15 is 0 Å². The summed E-state index contributed by atoms with van der Waals surface area (Å²) < 4.78 is 5.76. The van der Waals surface area contributed by atoms with Crippen molar-refractivity contribution in [1.29, 1.82) is 0 Å². The molecule has 0 spiro atoms. The normalized spacial score (nSPS) is 22.0. The Morgan fingerprint density at radius 3 is 2.38 bits per heavy atom. The molecular weight excluding hydrogens is 282 g/mol. The first-order valence-corrected chi connectivity index (χ1v) is 8.37. The third kappa shape index (κ3) is 5.04. The zero-order chi connectivity index (χ0) is 15.2. The lowest BCUT2D eigenvalue weighted by Crippen LogP contribution is -2.32. The first-order chi connectivity index (χ1) is 10.1. The van der Waals surface area contributed by atoms with Gasteiger partial charge in [0.05, 0.1) is 6.61 Å². The number of rotatable bonds is 5. The van der Waals surface area contributed by atoms with Crippen LogP contribution in [0.3, 0.4) is 0 Å². The second-order valence-corrected chi connectivity index (χ2v) is 7.00. The summed E-state index contributed by atoms with van der Waals surface area (Å²) in [5.41, 5.74) is 1.27. The number of carbonyl (C=O) groups excluding carboxylic acids is 1. The van der Waals surface area contributed by atoms with Crippen LogP contribution in [0.2, 0.25) is 0 Å². The number of aryl methyl sites for hydroxylation is 1. The molecule has 1 saturated carbocycles. The van der Waals surface area contributed by atoms with E-state index in [2.05, 4.69) is 31.2 Å². The summed E-state index contributed by atoms with van der Waals surface area (Å²) in [7, 11) is 3.69. The molecule has 1 fully saturated rings. The number of hydrogen-bond donors (Lipinski definition) is 0. The summed E-state index contributed by atoms with van der Waals surface area (Å²) in [6.45, 7) is 2.87. The SMILES string of the molecule is Cc1ccc(SOCC2CCC(C(=O)N(C)C)CC2)cc1. The molecule has 1 aliphatic rings. The van der Waals surface area contributed by atoms with Crippen LogP contribution in [0.1, 0.15) is 31.2 Å². The van der Waals surface area contributed by atoms with Gasteiger partial charge in [-0.25, -0.2) is 0 Å². The van der Waals surface area contributed by atoms with Gasteiger partial charge in [0.2, 0.25) is 5.91 Å². The van der Waals surface area contributed by atoms with Gasteiger partial charge in [0.1, 0.15) is 0 Å². The first kappa shape index (κ1) is 16.4. The average Bonchev–Trinajstić information content (AvgIpc) is 2.49. The average molecular weight is 307 g/mol. The lowest BCUT2D eigenvalue weighted by Gasteiger charge is -2.28. The van der Waals surface area contributed by atoms with E-state index in [4.69, 9.17) is 4.18 Å². The van der Waals surface area contributed by atoms with E-state index in [-0.39, 0.29) is 11.8 Å². The topological polar surface area (TPSA) is 29.5 Å². The Kier molecular flexibility index (Phi) is 6.12. The van der Waals surface area contributed by atoms with Crippen molar-refractivity contribution in [2.45, 2.75) is 37.5 Å². The highest BCUT2D eigenvalue weighted by atomic mass is 32.2. The number of nitrogens with zero attached hydrogens (tertiary/aromatic N) is 1. The minimum atomic E-state index is 0.223. The summed E-state index contributed by atoms with van der Waals surface area (Å²) in [6.07, 6.45) is 4.19. The van der Waals surface area contributed by atoms with Gasteiger partial charge in [-0.05, 0) is 50.7 Å². The van der Waals surface area contributed by atoms with Gasteiger partial charge in [0.25, 0.3) is 0 Å². The predicted octanol–water partition coefficient (Wildman–Crippen LogP) is 3.91. The molecule has 0 saturated heterocycles. The van der Waals surface area contributed by atoms with Crippen LogP contribution < -0.4 is 0 Å². The maximum atomic E-state index is 11.9. The van der Waals surface area contributed by atoms with E-state index in [0.717, 1.165) is 37.2 Å². The summed E-state index contributed by atoms with van der Waals surface area (Å²) in [6, 6.07) is 8.38. The minimum Gasteiger partial charge on any atom is -0.349 e. The lowest BCUT2D eigenvalue weighted by atomic mass is 9.82. The van der Waals surface area contributed by atoms with Gasteiger partial charge in [-0.1, -0.05) is 17.7 Å². The fourth-order valence-electron chi connectivity index (χ4n) is 2.73. The van der Waals surface area contributed by atoms with Crippen molar-refractivity contribution in [3.8, 4) is 0 Å². The zero-order valence-corrected chi connectivity index (χ0v) is 14.0. The highest BCUT2D eigenvalue weighted by Crippen LogP contribution is 2.31. The van der Waals surface area contributed by atoms with Crippen LogP contribution in [-0.2, 0) is 8.98 Å². The van der Waals surface area contributed by atoms with Crippen LogP contribution in [0.15, 0.2) is 29.2 Å². The smallest absolute Gasteiger partial charge is 0.225 e. The molecular formula is C17H25NO2S. The predicted molar refractivity (Wildman–Crippen MR) is 87.1 cm³/mol. The van der Waals surface area contributed by atoms with Gasteiger partial charge >= 0.3 is 0 Å². The molecule has 0 radical (unpaired) electrons. The zero-order valence-electron chi connectivity index (χ0n) is 13.2. The molecule has 116 valence electrons. The fraction of sp³-hybridized carbons (Fsp3) is 0.588. The van der Waals surface area contributed by atoms with Crippen LogP contribution >= 0.6 is 12.0 Å². The van der Waals surface area contributed by atoms with E-state index in [1.807, 2.05) is 14.1 Å². The largest absolute Gasteiger partial charge is 0.349 e. The van der Waals surface area contributed by atoms with Crippen molar-refractivity contribution < 1.29 is 8.98 Å². The van der Waals surface area contributed by atoms with Crippen LogP contribution in [0.4, 0.5) is 0 Å². The Balaban J connectivity index is 1.67. The highest BCUT2D eigenvalue weighted by molar-refractivity contribution is 7.94. The van der Waals surface area contributed by atoms with Crippen molar-refractivity contribution in [3.05, 3.63) is 29.8 Å². The first-order valence-electron chi connectivity index (χ1n) is 7.63. The van der Waals surface area contributed by atoms with Gasteiger partial charge in [-0.2, -0.15) is 0 Å². The molecule has 1 aromatic carbocycles. The van der Waals surface area contributed by atoms with Crippen molar-refractivity contribution in [3.63, 3.8) is 0 Å². The molecule has 3 nitrogen and oxygen atoms in total. The third-order valence-corrected chi connectivity index (χ3v) is 4.84. The minimum absolute atomic E-state index is 0.223. The van der Waals surface area contributed by atoms with Crippen LogP contribution in [-0.4, -0.2) is 31.5 Å². The standard InChI is InChI=1S/C17H25NO2S/c1-13-4-10-16(11-5-13)21-20-12-14-6-8-15(9-7-14)17(19)18(2)3/h4-5,10-11,14-15H,6-9,12H2,1-3H3. The van der Waals surface area contributed by atoms with Gasteiger partial charge in [-0.3, -0.25) is 4.79 Å².